The van der Waals surface area contributed by atoms with E-state index in [1.165, 1.54) is 25.0 Å². The number of hydrogen-bond donors (Lipinski definition) is 0. The Balaban J connectivity index is 2.15. The normalized spacial score (nSPS) is 23.9. The van der Waals surface area contributed by atoms with E-state index in [0.717, 1.165) is 19.3 Å². The second-order valence-corrected chi connectivity index (χ2v) is 4.89. The molecule has 1 aliphatic rings. The zero-order valence-electron chi connectivity index (χ0n) is 7.84. The van der Waals surface area contributed by atoms with Crippen LogP contribution < -0.4 is 0 Å². The Kier molecular flexibility index (Phi) is 4.74. The van der Waals surface area contributed by atoms with Crippen molar-refractivity contribution in [2.75, 3.05) is 5.75 Å². The molecule has 2 heteroatoms. The highest BCUT2D eigenvalue weighted by atomic mass is 32.2. The van der Waals surface area contributed by atoms with E-state index >= 15 is 0 Å². The monoisotopic (exact) mass is 186 g/mol. The van der Waals surface area contributed by atoms with Gasteiger partial charge in [-0.25, -0.2) is 0 Å². The van der Waals surface area contributed by atoms with Gasteiger partial charge in [-0.1, -0.05) is 13.3 Å². The smallest absolute Gasteiger partial charge is 0.134 e. The Morgan fingerprint density at radius 1 is 1.50 bits per heavy atom. The minimum atomic E-state index is 0.469. The van der Waals surface area contributed by atoms with Crippen LogP contribution in [0.25, 0.3) is 0 Å². The first-order valence-corrected chi connectivity index (χ1v) is 6.01. The number of carbonyl (C=O) groups is 1. The van der Waals surface area contributed by atoms with Gasteiger partial charge in [0.05, 0.1) is 0 Å². The van der Waals surface area contributed by atoms with Crippen molar-refractivity contribution in [2.45, 2.75) is 50.7 Å². The molecule has 1 aliphatic heterocycles. The fourth-order valence-corrected chi connectivity index (χ4v) is 2.94. The topological polar surface area (TPSA) is 17.1 Å². The molecule has 1 nitrogen and oxygen atoms in total. The average molecular weight is 186 g/mol. The third-order valence-corrected chi connectivity index (χ3v) is 3.66. The molecule has 12 heavy (non-hydrogen) atoms. The maximum Gasteiger partial charge on any atom is 0.134 e. The van der Waals surface area contributed by atoms with E-state index in [1.54, 1.807) is 0 Å². The van der Waals surface area contributed by atoms with Crippen molar-refractivity contribution in [1.82, 2.24) is 0 Å². The summed E-state index contributed by atoms with van der Waals surface area (Å²) in [6, 6.07) is 0. The second-order valence-electron chi connectivity index (χ2n) is 3.48. The maximum atomic E-state index is 11.3. The fraction of sp³-hybridized carbons (Fsp3) is 0.900. The van der Waals surface area contributed by atoms with Gasteiger partial charge in [0.2, 0.25) is 0 Å². The number of Topliss-reactive ketones (excluding diaryl/α,β-unsaturated/α-hetero) is 1. The van der Waals surface area contributed by atoms with E-state index in [9.17, 15) is 4.79 Å². The summed E-state index contributed by atoms with van der Waals surface area (Å²) in [7, 11) is 0. The van der Waals surface area contributed by atoms with Crippen LogP contribution in [-0.2, 0) is 4.79 Å². The molecule has 1 saturated heterocycles. The van der Waals surface area contributed by atoms with Gasteiger partial charge in [0.15, 0.2) is 0 Å². The molecule has 0 aromatic carbocycles. The van der Waals surface area contributed by atoms with E-state index in [-0.39, 0.29) is 0 Å². The first-order valence-electron chi connectivity index (χ1n) is 4.96. The minimum absolute atomic E-state index is 0.469. The fourth-order valence-electron chi connectivity index (χ4n) is 1.60. The first-order chi connectivity index (χ1) is 5.83. The summed E-state index contributed by atoms with van der Waals surface area (Å²) in [5.74, 6) is 1.74. The van der Waals surface area contributed by atoms with Crippen LogP contribution >= 0.6 is 11.8 Å². The predicted molar refractivity (Wildman–Crippen MR) is 54.6 cm³/mol. The first kappa shape index (κ1) is 10.1. The molecular weight excluding hydrogens is 168 g/mol. The highest BCUT2D eigenvalue weighted by Gasteiger charge is 2.16. The van der Waals surface area contributed by atoms with Crippen LogP contribution in [0.2, 0.25) is 0 Å². The lowest BCUT2D eigenvalue weighted by atomic mass is 10.1. The lowest BCUT2D eigenvalue weighted by Gasteiger charge is -2.20. The number of carbonyl (C=O) groups excluding carboxylic acids is 1. The molecule has 1 heterocycles. The standard InChI is InChI=1S/C10H18OS/c1-2-5-9(11)8-10-6-3-4-7-12-10/h10H,2-8H2,1H3. The molecular formula is C10H18OS. The maximum absolute atomic E-state index is 11.3. The van der Waals surface area contributed by atoms with Crippen LogP contribution in [0, 0.1) is 0 Å². The van der Waals surface area contributed by atoms with Crippen LogP contribution in [0.4, 0.5) is 0 Å². The molecule has 1 fully saturated rings. The van der Waals surface area contributed by atoms with Gasteiger partial charge in [0, 0.05) is 18.1 Å². The molecule has 1 atom stereocenters. The van der Waals surface area contributed by atoms with Crippen molar-refractivity contribution in [2.24, 2.45) is 0 Å². The summed E-state index contributed by atoms with van der Waals surface area (Å²) in [6.07, 6.45) is 6.58. The van der Waals surface area contributed by atoms with E-state index in [1.807, 2.05) is 11.8 Å². The van der Waals surface area contributed by atoms with Crippen molar-refractivity contribution in [3.05, 3.63) is 0 Å². The SMILES string of the molecule is CCCC(=O)CC1CCCCS1. The largest absolute Gasteiger partial charge is 0.300 e. The number of hydrogen-bond acceptors (Lipinski definition) is 2. The van der Waals surface area contributed by atoms with Crippen LogP contribution in [0.1, 0.15) is 45.4 Å². The van der Waals surface area contributed by atoms with Crippen LogP contribution in [0.3, 0.4) is 0 Å². The van der Waals surface area contributed by atoms with Gasteiger partial charge in [-0.3, -0.25) is 4.79 Å². The van der Waals surface area contributed by atoms with Gasteiger partial charge in [-0.05, 0) is 25.0 Å². The zero-order chi connectivity index (χ0) is 8.81. The highest BCUT2D eigenvalue weighted by molar-refractivity contribution is 7.99. The molecule has 70 valence electrons. The lowest BCUT2D eigenvalue weighted by Crippen LogP contribution is -2.14. The molecule has 1 unspecified atom stereocenters. The number of thioether (sulfide) groups is 1. The van der Waals surface area contributed by atoms with Gasteiger partial charge in [-0.15, -0.1) is 0 Å². The summed E-state index contributed by atoms with van der Waals surface area (Å²) in [5, 5.41) is 0.651. The van der Waals surface area contributed by atoms with Crippen molar-refractivity contribution >= 4 is 17.5 Å². The van der Waals surface area contributed by atoms with E-state index in [4.69, 9.17) is 0 Å². The molecule has 0 amide bonds. The van der Waals surface area contributed by atoms with Crippen LogP contribution in [-0.4, -0.2) is 16.8 Å². The highest BCUT2D eigenvalue weighted by Crippen LogP contribution is 2.27. The zero-order valence-corrected chi connectivity index (χ0v) is 8.66. The van der Waals surface area contributed by atoms with Crippen LogP contribution in [0.15, 0.2) is 0 Å². The summed E-state index contributed by atoms with van der Waals surface area (Å²) in [5.41, 5.74) is 0. The second kappa shape index (κ2) is 5.63. The average Bonchev–Trinajstić information content (AvgIpc) is 2.06. The molecule has 0 aliphatic carbocycles. The quantitative estimate of drug-likeness (QED) is 0.671. The Hall–Kier alpha value is 0.0200. The van der Waals surface area contributed by atoms with Crippen molar-refractivity contribution in [3.63, 3.8) is 0 Å². The molecule has 0 N–H and O–H groups in total. The van der Waals surface area contributed by atoms with Gasteiger partial charge in [0.25, 0.3) is 0 Å². The predicted octanol–water partition coefficient (Wildman–Crippen LogP) is 3.03. The molecule has 0 aromatic heterocycles. The van der Waals surface area contributed by atoms with Gasteiger partial charge in [0.1, 0.15) is 5.78 Å². The minimum Gasteiger partial charge on any atom is -0.300 e. The Morgan fingerprint density at radius 3 is 2.92 bits per heavy atom. The molecule has 0 spiro atoms. The van der Waals surface area contributed by atoms with Crippen molar-refractivity contribution in [3.8, 4) is 0 Å². The van der Waals surface area contributed by atoms with Crippen molar-refractivity contribution < 1.29 is 4.79 Å². The number of ketones is 1. The lowest BCUT2D eigenvalue weighted by molar-refractivity contribution is -0.119. The van der Waals surface area contributed by atoms with Gasteiger partial charge >= 0.3 is 0 Å². The molecule has 0 saturated carbocycles. The molecule has 1 rings (SSSR count). The summed E-state index contributed by atoms with van der Waals surface area (Å²) in [4.78, 5) is 11.3. The summed E-state index contributed by atoms with van der Waals surface area (Å²) in [6.45, 7) is 2.08. The Labute approximate surface area is 79.3 Å². The van der Waals surface area contributed by atoms with E-state index < -0.39 is 0 Å². The molecule has 0 bridgehead atoms. The van der Waals surface area contributed by atoms with E-state index in [2.05, 4.69) is 6.92 Å². The number of rotatable bonds is 4. The van der Waals surface area contributed by atoms with Crippen molar-refractivity contribution in [1.29, 1.82) is 0 Å². The van der Waals surface area contributed by atoms with Gasteiger partial charge in [-0.2, -0.15) is 11.8 Å². The molecule has 0 radical (unpaired) electrons. The Bertz CT molecular complexity index is 139. The summed E-state index contributed by atoms with van der Waals surface area (Å²) < 4.78 is 0. The van der Waals surface area contributed by atoms with Gasteiger partial charge < -0.3 is 0 Å². The third-order valence-electron chi connectivity index (χ3n) is 2.26. The Morgan fingerprint density at radius 2 is 2.33 bits per heavy atom. The molecule has 0 aromatic rings. The third kappa shape index (κ3) is 3.61. The van der Waals surface area contributed by atoms with Crippen LogP contribution in [0.5, 0.6) is 0 Å². The summed E-state index contributed by atoms with van der Waals surface area (Å²) >= 11 is 2.00. The van der Waals surface area contributed by atoms with E-state index in [0.29, 0.717) is 11.0 Å².